The number of benzene rings is 3. The van der Waals surface area contributed by atoms with Crippen LogP contribution < -0.4 is 61.5 Å². The molecule has 0 saturated carbocycles. The first-order valence-electron chi connectivity index (χ1n) is 35.2. The van der Waals surface area contributed by atoms with E-state index < -0.39 is 58.8 Å². The summed E-state index contributed by atoms with van der Waals surface area (Å²) in [7, 11) is 0. The number of nitrogens with zero attached hydrogens (tertiary/aromatic N) is 8. The van der Waals surface area contributed by atoms with Crippen LogP contribution in [0, 0.1) is 18.8 Å². The average molecular weight is 1500 g/mol. The highest BCUT2D eigenvalue weighted by molar-refractivity contribution is 6.12. The summed E-state index contributed by atoms with van der Waals surface area (Å²) in [5.41, 5.74) is 0.0104. The van der Waals surface area contributed by atoms with Crippen LogP contribution in [-0.4, -0.2) is 112 Å². The zero-order valence-corrected chi connectivity index (χ0v) is 62.5. The molecule has 0 radical (unpaired) electrons. The molecule has 0 atom stereocenters. The van der Waals surface area contributed by atoms with E-state index in [0.717, 1.165) is 11.1 Å². The molecule has 8 heterocycles. The molecule has 568 valence electrons. The Bertz CT molecular complexity index is 5020. The Balaban J connectivity index is 0.825. The molecular weight excluding hydrogens is 1420 g/mol. The summed E-state index contributed by atoms with van der Waals surface area (Å²) in [4.78, 5) is 146. The Labute approximate surface area is 637 Å². The molecule has 0 bridgehead atoms. The molecule has 8 N–H and O–H groups in total. The summed E-state index contributed by atoms with van der Waals surface area (Å²) >= 11 is 0. The van der Waals surface area contributed by atoms with Gasteiger partial charge in [0.25, 0.3) is 35.4 Å². The molecule has 0 spiro atoms. The van der Waals surface area contributed by atoms with Crippen molar-refractivity contribution in [2.24, 2.45) is 11.8 Å². The van der Waals surface area contributed by atoms with Gasteiger partial charge in [0.15, 0.2) is 0 Å². The molecule has 8 aromatic heterocycles. The van der Waals surface area contributed by atoms with Gasteiger partial charge in [0, 0.05) is 52.7 Å². The number of rotatable bonds is 26. The minimum absolute atomic E-state index is 0.00759. The number of pyridine rings is 8. The van der Waals surface area contributed by atoms with Crippen LogP contribution in [0.2, 0.25) is 0 Å². The predicted molar refractivity (Wildman–Crippen MR) is 417 cm³/mol. The number of carbonyl (C=O) groups excluding carboxylic acids is 8. The van der Waals surface area contributed by atoms with Gasteiger partial charge in [-0.05, 0) is 126 Å². The predicted octanol–water partition coefficient (Wildman–Crippen LogP) is 14.9. The molecule has 8 amide bonds. The van der Waals surface area contributed by atoms with E-state index in [-0.39, 0.29) is 130 Å². The second-order valence-electron chi connectivity index (χ2n) is 28.0. The SMILES string of the molecule is Cc1c2nc(C(=O)Nc3cccc(NC(=O)c4cc(OCc5ccccc5)cc(C(=O)Nc5cccc(NC(=O)OC(C)(C)C)n5)n4)n3)cc(OCC(C)C)c2cc2c(OCC(C)C)cc(C(=O)Nc3cccc(NC(=O)c4cc(OCc5ccccc5)cc(C(=O)Nc5cccc(NC(=O)OC(C)(C)C)n5)n4)n3)nc12. The first kappa shape index (κ1) is 78.0. The smallest absolute Gasteiger partial charge is 0.413 e. The van der Waals surface area contributed by atoms with Gasteiger partial charge in [0.1, 0.15) is 128 Å². The van der Waals surface area contributed by atoms with Gasteiger partial charge in [-0.2, -0.15) is 0 Å². The number of ether oxygens (including phenoxy) is 6. The second kappa shape index (κ2) is 34.7. The average Bonchev–Trinajstić information content (AvgIpc) is 0.744. The second-order valence-corrected chi connectivity index (χ2v) is 28.0. The lowest BCUT2D eigenvalue weighted by atomic mass is 10.0. The van der Waals surface area contributed by atoms with Crippen molar-refractivity contribution >= 4 is 116 Å². The van der Waals surface area contributed by atoms with Crippen molar-refractivity contribution in [1.29, 1.82) is 0 Å². The van der Waals surface area contributed by atoms with Gasteiger partial charge in [0.05, 0.1) is 24.2 Å². The van der Waals surface area contributed by atoms with Gasteiger partial charge in [-0.15, -0.1) is 0 Å². The van der Waals surface area contributed by atoms with E-state index >= 15 is 0 Å². The molecule has 30 nitrogen and oxygen atoms in total. The molecule has 3 aromatic carbocycles. The number of anilines is 8. The Morgan fingerprint density at radius 2 is 0.595 bits per heavy atom. The normalized spacial score (nSPS) is 11.3. The molecule has 30 heteroatoms. The Kier molecular flexibility index (Phi) is 24.4. The summed E-state index contributed by atoms with van der Waals surface area (Å²) in [6.07, 6.45) is -1.50. The Morgan fingerprint density at radius 3 is 0.865 bits per heavy atom. The highest BCUT2D eigenvalue weighted by Crippen LogP contribution is 2.38. The molecule has 0 aliphatic heterocycles. The molecule has 11 rings (SSSR count). The summed E-state index contributed by atoms with van der Waals surface area (Å²) in [6, 6.07) is 46.9. The van der Waals surface area contributed by atoms with E-state index in [9.17, 15) is 38.4 Å². The first-order valence-corrected chi connectivity index (χ1v) is 35.2. The van der Waals surface area contributed by atoms with Gasteiger partial charge in [-0.1, -0.05) is 113 Å². The van der Waals surface area contributed by atoms with Crippen molar-refractivity contribution in [3.05, 3.63) is 227 Å². The largest absolute Gasteiger partial charge is 0.493 e. The fraction of sp³-hybridized carbons (Fsp3) is 0.235. The molecule has 0 aliphatic rings. The van der Waals surface area contributed by atoms with E-state index in [1.165, 1.54) is 84.9 Å². The Hall–Kier alpha value is -14.1. The molecule has 0 fully saturated rings. The molecule has 0 aliphatic carbocycles. The van der Waals surface area contributed by atoms with Gasteiger partial charge in [-0.25, -0.2) is 49.5 Å². The van der Waals surface area contributed by atoms with E-state index in [0.29, 0.717) is 38.9 Å². The zero-order valence-electron chi connectivity index (χ0n) is 62.5. The van der Waals surface area contributed by atoms with Gasteiger partial charge in [-0.3, -0.25) is 39.4 Å². The van der Waals surface area contributed by atoms with Crippen LogP contribution in [0.3, 0.4) is 0 Å². The summed E-state index contributed by atoms with van der Waals surface area (Å²) in [6.45, 7) is 20.6. The summed E-state index contributed by atoms with van der Waals surface area (Å²) in [5.74, 6) is -3.30. The summed E-state index contributed by atoms with van der Waals surface area (Å²) < 4.78 is 35.7. The van der Waals surface area contributed by atoms with Crippen molar-refractivity contribution < 1.29 is 66.8 Å². The maximum atomic E-state index is 14.5. The third kappa shape index (κ3) is 22.1. The number of fused-ring (bicyclic) bond motifs is 2. The quantitative estimate of drug-likeness (QED) is 0.0233. The number of nitrogens with one attached hydrogen (secondary N) is 8. The highest BCUT2D eigenvalue weighted by atomic mass is 16.6. The van der Waals surface area contributed by atoms with Crippen LogP contribution in [0.5, 0.6) is 23.0 Å². The molecule has 11 aromatic rings. The standard InChI is InChI=1S/C81H80N16O14/c1-45(2)41-108-60-39-58(76(102)94-64-28-18-26-62(86-64)90-72(98)54-34-50(106-43-48-22-14-12-15-23-48)36-56(82-54)74(100)92-66-30-20-32-68(88-66)96-78(104)110-80(6,7)8)84-70-47(5)71-53(38-52(60)70)61(109-42-46(3)4)40-59(85-71)77(103)95-65-29-19-27-63(87-65)91-73(99)55-35-51(107-44-49-24-16-13-17-25-49)37-57(83-55)75(101)93-67-31-21-33-69(89-67)97-79(105)111-81(9,10)11/h12-40,45-46H,41-44H2,1-11H3,(H2,86,90,94,98,102)(H2,87,91,95,99,103)(H2,88,92,96,100,104)(H2,89,93,97,101,105). The lowest BCUT2D eigenvalue weighted by Gasteiger charge is -2.19. The maximum absolute atomic E-state index is 14.5. The molecule has 0 saturated heterocycles. The molecule has 0 unspecified atom stereocenters. The van der Waals surface area contributed by atoms with Crippen LogP contribution in [0.25, 0.3) is 21.8 Å². The van der Waals surface area contributed by atoms with Crippen LogP contribution in [0.4, 0.5) is 56.1 Å². The van der Waals surface area contributed by atoms with Crippen LogP contribution in [0.1, 0.15) is 149 Å². The van der Waals surface area contributed by atoms with Crippen molar-refractivity contribution in [2.75, 3.05) is 55.7 Å². The van der Waals surface area contributed by atoms with Crippen molar-refractivity contribution in [3.63, 3.8) is 0 Å². The highest BCUT2D eigenvalue weighted by Gasteiger charge is 2.26. The van der Waals surface area contributed by atoms with E-state index in [1.807, 2.05) is 88.4 Å². The Morgan fingerprint density at radius 1 is 0.324 bits per heavy atom. The topological polar surface area (TPSA) is 391 Å². The van der Waals surface area contributed by atoms with E-state index in [4.69, 9.17) is 38.4 Å². The van der Waals surface area contributed by atoms with Crippen molar-refractivity contribution in [3.8, 4) is 23.0 Å². The lowest BCUT2D eigenvalue weighted by molar-refractivity contribution is 0.0624. The lowest BCUT2D eigenvalue weighted by Crippen LogP contribution is -2.27. The minimum Gasteiger partial charge on any atom is -0.493 e. The number of amides is 8. The fourth-order valence-electron chi connectivity index (χ4n) is 10.5. The monoisotopic (exact) mass is 1500 g/mol. The van der Waals surface area contributed by atoms with E-state index in [2.05, 4.69) is 72.4 Å². The minimum atomic E-state index is -0.794. The third-order valence-electron chi connectivity index (χ3n) is 15.4. The molecule has 111 heavy (non-hydrogen) atoms. The van der Waals surface area contributed by atoms with Crippen LogP contribution in [-0.2, 0) is 22.7 Å². The van der Waals surface area contributed by atoms with Gasteiger partial charge < -0.3 is 60.3 Å². The fourth-order valence-corrected chi connectivity index (χ4v) is 10.5. The van der Waals surface area contributed by atoms with Gasteiger partial charge in [0.2, 0.25) is 0 Å². The summed E-state index contributed by atoms with van der Waals surface area (Å²) in [5, 5.41) is 22.4. The number of hydrogen-bond acceptors (Lipinski definition) is 22. The third-order valence-corrected chi connectivity index (χ3v) is 15.4. The molecular formula is C81H80N16O14. The van der Waals surface area contributed by atoms with E-state index in [1.54, 1.807) is 78.8 Å². The number of aromatic nitrogens is 8. The van der Waals surface area contributed by atoms with Crippen LogP contribution in [0.15, 0.2) is 176 Å². The van der Waals surface area contributed by atoms with Crippen molar-refractivity contribution in [1.82, 2.24) is 39.9 Å². The number of aryl methyl sites for hydroxylation is 1. The van der Waals surface area contributed by atoms with Crippen LogP contribution >= 0.6 is 0 Å². The first-order chi connectivity index (χ1) is 53.0. The number of carbonyl (C=O) groups is 8. The zero-order chi connectivity index (χ0) is 79.1. The maximum Gasteiger partial charge on any atom is 0.413 e. The number of hydrogen-bond donors (Lipinski definition) is 8. The van der Waals surface area contributed by atoms with Gasteiger partial charge >= 0.3 is 12.2 Å². The van der Waals surface area contributed by atoms with Crippen molar-refractivity contribution in [2.45, 2.75) is 101 Å².